The van der Waals surface area contributed by atoms with Crippen molar-refractivity contribution in [1.82, 2.24) is 19.7 Å². The maximum atomic E-state index is 12.8. The fourth-order valence-corrected chi connectivity index (χ4v) is 4.11. The zero-order valence-electron chi connectivity index (χ0n) is 15.7. The molecule has 0 aliphatic rings. The minimum absolute atomic E-state index is 0.0950. The van der Waals surface area contributed by atoms with E-state index in [-0.39, 0.29) is 16.9 Å². The van der Waals surface area contributed by atoms with Crippen molar-refractivity contribution in [1.29, 1.82) is 0 Å². The smallest absolute Gasteiger partial charge is 0.207 e. The van der Waals surface area contributed by atoms with Gasteiger partial charge in [-0.25, -0.2) is 13.1 Å². The summed E-state index contributed by atoms with van der Waals surface area (Å²) in [5.74, 6) is 0.0950. The molecule has 1 atom stereocenters. The number of hydrogen-bond acceptors (Lipinski definition) is 4. The van der Waals surface area contributed by atoms with Crippen LogP contribution in [0.4, 0.5) is 0 Å². The lowest BCUT2D eigenvalue weighted by molar-refractivity contribution is 0.361. The monoisotopic (exact) mass is 384 g/mol. The zero-order valence-corrected chi connectivity index (χ0v) is 16.5. The minimum atomic E-state index is -3.63. The molecule has 0 saturated carbocycles. The van der Waals surface area contributed by atoms with Crippen molar-refractivity contribution in [2.75, 3.05) is 0 Å². The van der Waals surface area contributed by atoms with Gasteiger partial charge in [0.25, 0.3) is 0 Å². The fraction of sp³-hybridized carbons (Fsp3) is 0.300. The first-order valence-electron chi connectivity index (χ1n) is 8.89. The van der Waals surface area contributed by atoms with E-state index < -0.39 is 10.0 Å². The number of aryl methyl sites for hydroxylation is 1. The van der Waals surface area contributed by atoms with Gasteiger partial charge in [0.05, 0.1) is 23.8 Å². The summed E-state index contributed by atoms with van der Waals surface area (Å²) < 4.78 is 28.4. The second-order valence-electron chi connectivity index (χ2n) is 6.95. The Morgan fingerprint density at radius 2 is 1.44 bits per heavy atom. The lowest BCUT2D eigenvalue weighted by Crippen LogP contribution is -2.41. The highest BCUT2D eigenvalue weighted by Crippen LogP contribution is 2.22. The van der Waals surface area contributed by atoms with Gasteiger partial charge in [-0.2, -0.15) is 15.0 Å². The molecule has 6 nitrogen and oxygen atoms in total. The van der Waals surface area contributed by atoms with Gasteiger partial charge in [0.1, 0.15) is 0 Å². The second-order valence-corrected chi connectivity index (χ2v) is 8.66. The van der Waals surface area contributed by atoms with E-state index in [1.807, 2.05) is 57.2 Å². The molecule has 1 aromatic heterocycles. The molecular weight excluding hydrogens is 360 g/mol. The Morgan fingerprint density at radius 1 is 0.926 bits per heavy atom. The van der Waals surface area contributed by atoms with Gasteiger partial charge in [-0.3, -0.25) is 0 Å². The van der Waals surface area contributed by atoms with E-state index in [0.29, 0.717) is 6.54 Å². The molecule has 0 aliphatic carbocycles. The van der Waals surface area contributed by atoms with Crippen molar-refractivity contribution < 1.29 is 8.42 Å². The standard InChI is InChI=1S/C20H24N4O2S/c1-15(2)20(14-24-21-12-13-22-24)23-27(25,26)19-10-8-18(9-11-19)17-6-4-16(3)5-7-17/h4-13,15,20,23H,14H2,1-3H3. The van der Waals surface area contributed by atoms with Crippen LogP contribution < -0.4 is 4.72 Å². The van der Waals surface area contributed by atoms with Crippen LogP contribution in [0.3, 0.4) is 0 Å². The first kappa shape index (κ1) is 19.3. The van der Waals surface area contributed by atoms with Gasteiger partial charge < -0.3 is 0 Å². The molecule has 1 unspecified atom stereocenters. The average molecular weight is 385 g/mol. The van der Waals surface area contributed by atoms with Crippen LogP contribution in [0.25, 0.3) is 11.1 Å². The molecule has 0 amide bonds. The van der Waals surface area contributed by atoms with Crippen LogP contribution in [0.5, 0.6) is 0 Å². The van der Waals surface area contributed by atoms with Gasteiger partial charge in [0.2, 0.25) is 10.0 Å². The van der Waals surface area contributed by atoms with Crippen LogP contribution in [0, 0.1) is 12.8 Å². The number of nitrogens with zero attached hydrogens (tertiary/aromatic N) is 3. The van der Waals surface area contributed by atoms with Gasteiger partial charge >= 0.3 is 0 Å². The third-order valence-corrected chi connectivity index (χ3v) is 5.99. The summed E-state index contributed by atoms with van der Waals surface area (Å²) in [6, 6.07) is 14.8. The lowest BCUT2D eigenvalue weighted by Gasteiger charge is -2.21. The maximum absolute atomic E-state index is 12.8. The van der Waals surface area contributed by atoms with E-state index >= 15 is 0 Å². The van der Waals surface area contributed by atoms with E-state index in [2.05, 4.69) is 14.9 Å². The Kier molecular flexibility index (Phi) is 5.72. The largest absolute Gasteiger partial charge is 0.240 e. The van der Waals surface area contributed by atoms with Gasteiger partial charge in [-0.05, 0) is 36.1 Å². The van der Waals surface area contributed by atoms with Crippen molar-refractivity contribution in [3.8, 4) is 11.1 Å². The summed E-state index contributed by atoms with van der Waals surface area (Å²) in [5.41, 5.74) is 3.23. The van der Waals surface area contributed by atoms with Crippen LogP contribution in [0.2, 0.25) is 0 Å². The number of hydrogen-bond donors (Lipinski definition) is 1. The summed E-state index contributed by atoms with van der Waals surface area (Å²) >= 11 is 0. The van der Waals surface area contributed by atoms with Gasteiger partial charge in [0.15, 0.2) is 0 Å². The average Bonchev–Trinajstić information content (AvgIpc) is 3.15. The Labute approximate surface area is 160 Å². The second kappa shape index (κ2) is 8.02. The van der Waals surface area contributed by atoms with Gasteiger partial charge in [-0.1, -0.05) is 55.8 Å². The quantitative estimate of drug-likeness (QED) is 0.678. The molecule has 3 rings (SSSR count). The van der Waals surface area contributed by atoms with E-state index in [4.69, 9.17) is 0 Å². The number of sulfonamides is 1. The Balaban J connectivity index is 1.78. The predicted octanol–water partition coefficient (Wildman–Crippen LogP) is 3.26. The highest BCUT2D eigenvalue weighted by molar-refractivity contribution is 7.89. The van der Waals surface area contributed by atoms with Crippen LogP contribution in [-0.4, -0.2) is 29.5 Å². The molecular formula is C20H24N4O2S. The van der Waals surface area contributed by atoms with Crippen molar-refractivity contribution in [3.05, 3.63) is 66.5 Å². The number of benzene rings is 2. The molecule has 1 heterocycles. The fourth-order valence-electron chi connectivity index (χ4n) is 2.74. The lowest BCUT2D eigenvalue weighted by atomic mass is 10.0. The SMILES string of the molecule is Cc1ccc(-c2ccc(S(=O)(=O)NC(Cn3nccn3)C(C)C)cc2)cc1. The summed E-state index contributed by atoms with van der Waals surface area (Å²) in [6.07, 6.45) is 3.16. The van der Waals surface area contributed by atoms with Crippen molar-refractivity contribution >= 4 is 10.0 Å². The Bertz CT molecular complexity index is 964. The molecule has 7 heteroatoms. The molecule has 0 aliphatic heterocycles. The molecule has 27 heavy (non-hydrogen) atoms. The predicted molar refractivity (Wildman–Crippen MR) is 106 cm³/mol. The summed E-state index contributed by atoms with van der Waals surface area (Å²) in [6.45, 7) is 6.36. The van der Waals surface area contributed by atoms with Crippen LogP contribution in [0.1, 0.15) is 19.4 Å². The minimum Gasteiger partial charge on any atom is -0.207 e. The molecule has 0 spiro atoms. The third-order valence-electron chi connectivity index (χ3n) is 4.49. The molecule has 3 aromatic rings. The van der Waals surface area contributed by atoms with Gasteiger partial charge in [-0.15, -0.1) is 0 Å². The topological polar surface area (TPSA) is 76.9 Å². The molecule has 0 fully saturated rings. The van der Waals surface area contributed by atoms with E-state index in [9.17, 15) is 8.42 Å². The van der Waals surface area contributed by atoms with Crippen molar-refractivity contribution in [3.63, 3.8) is 0 Å². The number of rotatable bonds is 7. The first-order valence-corrected chi connectivity index (χ1v) is 10.4. The third kappa shape index (κ3) is 4.81. The molecule has 0 radical (unpaired) electrons. The number of aromatic nitrogens is 3. The highest BCUT2D eigenvalue weighted by atomic mass is 32.2. The van der Waals surface area contributed by atoms with E-state index in [1.54, 1.807) is 24.5 Å². The summed E-state index contributed by atoms with van der Waals surface area (Å²) in [4.78, 5) is 1.74. The first-order chi connectivity index (χ1) is 12.8. The van der Waals surface area contributed by atoms with Gasteiger partial charge in [0, 0.05) is 6.04 Å². The van der Waals surface area contributed by atoms with Crippen LogP contribution in [-0.2, 0) is 16.6 Å². The Hall–Kier alpha value is -2.51. The van der Waals surface area contributed by atoms with E-state index in [0.717, 1.165) is 11.1 Å². The Morgan fingerprint density at radius 3 is 1.96 bits per heavy atom. The molecule has 2 aromatic carbocycles. The van der Waals surface area contributed by atoms with Crippen LogP contribution >= 0.6 is 0 Å². The highest BCUT2D eigenvalue weighted by Gasteiger charge is 2.23. The normalized spacial score (nSPS) is 13.0. The molecule has 0 saturated heterocycles. The van der Waals surface area contributed by atoms with Crippen LogP contribution in [0.15, 0.2) is 65.8 Å². The summed E-state index contributed by atoms with van der Waals surface area (Å²) in [5, 5.41) is 8.13. The van der Waals surface area contributed by atoms with E-state index in [1.165, 1.54) is 10.4 Å². The molecule has 0 bridgehead atoms. The zero-order chi connectivity index (χ0) is 19.4. The van der Waals surface area contributed by atoms with Crippen molar-refractivity contribution in [2.45, 2.75) is 38.3 Å². The molecule has 1 N–H and O–H groups in total. The number of nitrogens with one attached hydrogen (secondary N) is 1. The summed E-state index contributed by atoms with van der Waals surface area (Å²) in [7, 11) is -3.63. The maximum Gasteiger partial charge on any atom is 0.240 e. The van der Waals surface area contributed by atoms with Crippen molar-refractivity contribution in [2.24, 2.45) is 5.92 Å². The molecule has 142 valence electrons.